The van der Waals surface area contributed by atoms with Gasteiger partial charge < -0.3 is 16.2 Å². The van der Waals surface area contributed by atoms with Crippen LogP contribution in [0.2, 0.25) is 0 Å². The molecule has 1 unspecified atom stereocenters. The summed E-state index contributed by atoms with van der Waals surface area (Å²) in [6.45, 7) is 4.87. The lowest BCUT2D eigenvalue weighted by molar-refractivity contribution is 0.349. The SMILES string of the molecule is C=C(O)NC(C)N. The summed E-state index contributed by atoms with van der Waals surface area (Å²) in [5, 5.41) is 10.8. The van der Waals surface area contributed by atoms with E-state index in [4.69, 9.17) is 10.8 Å². The molecule has 0 aromatic rings. The van der Waals surface area contributed by atoms with Gasteiger partial charge in [0.15, 0.2) is 5.88 Å². The fourth-order valence-electron chi connectivity index (χ4n) is 0.263. The van der Waals surface area contributed by atoms with E-state index in [-0.39, 0.29) is 12.0 Å². The Morgan fingerprint density at radius 3 is 2.43 bits per heavy atom. The molecule has 3 heteroatoms. The van der Waals surface area contributed by atoms with E-state index in [1.54, 1.807) is 6.92 Å². The molecule has 0 saturated carbocycles. The van der Waals surface area contributed by atoms with Crippen molar-refractivity contribution in [3.63, 3.8) is 0 Å². The van der Waals surface area contributed by atoms with Gasteiger partial charge in [-0.15, -0.1) is 0 Å². The molecule has 3 nitrogen and oxygen atoms in total. The Labute approximate surface area is 42.8 Å². The van der Waals surface area contributed by atoms with E-state index < -0.39 is 0 Å². The zero-order valence-corrected chi connectivity index (χ0v) is 4.31. The van der Waals surface area contributed by atoms with Crippen molar-refractivity contribution in [2.45, 2.75) is 13.1 Å². The molecule has 0 fully saturated rings. The second-order valence-corrected chi connectivity index (χ2v) is 1.38. The zero-order valence-electron chi connectivity index (χ0n) is 4.31. The molecule has 0 bridgehead atoms. The van der Waals surface area contributed by atoms with Gasteiger partial charge in [-0.3, -0.25) is 0 Å². The number of aliphatic hydroxyl groups is 1. The lowest BCUT2D eigenvalue weighted by atomic mass is 10.6. The standard InChI is InChI=1S/C4H10N2O/c1-3(5)6-4(2)7/h3,6-7H,2,5H2,1H3. The van der Waals surface area contributed by atoms with Crippen molar-refractivity contribution < 1.29 is 5.11 Å². The Balaban J connectivity index is 3.13. The maximum atomic E-state index is 8.34. The molecule has 0 aromatic carbocycles. The third-order valence-electron chi connectivity index (χ3n) is 0.394. The molecular weight excluding hydrogens is 92.1 g/mol. The highest BCUT2D eigenvalue weighted by Crippen LogP contribution is 1.72. The maximum absolute atomic E-state index is 8.34. The molecular formula is C4H10N2O. The average molecular weight is 102 g/mol. The van der Waals surface area contributed by atoms with E-state index in [0.717, 1.165) is 0 Å². The highest BCUT2D eigenvalue weighted by Gasteiger charge is 1.88. The average Bonchev–Trinajstić information content (AvgIpc) is 1.27. The first-order valence-corrected chi connectivity index (χ1v) is 2.03. The quantitative estimate of drug-likeness (QED) is 0.337. The van der Waals surface area contributed by atoms with Gasteiger partial charge in [-0.25, -0.2) is 0 Å². The minimum Gasteiger partial charge on any atom is -0.495 e. The monoisotopic (exact) mass is 102 g/mol. The van der Waals surface area contributed by atoms with Crippen molar-refractivity contribution in [1.29, 1.82) is 0 Å². The summed E-state index contributed by atoms with van der Waals surface area (Å²) < 4.78 is 0. The highest BCUT2D eigenvalue weighted by molar-refractivity contribution is 4.75. The van der Waals surface area contributed by atoms with Gasteiger partial charge in [-0.1, -0.05) is 0 Å². The van der Waals surface area contributed by atoms with Crippen LogP contribution >= 0.6 is 0 Å². The fraction of sp³-hybridized carbons (Fsp3) is 0.500. The summed E-state index contributed by atoms with van der Waals surface area (Å²) in [5.74, 6) is -0.0880. The Kier molecular flexibility index (Phi) is 2.22. The Hall–Kier alpha value is -0.700. The fourth-order valence-corrected chi connectivity index (χ4v) is 0.263. The Morgan fingerprint density at radius 2 is 2.43 bits per heavy atom. The van der Waals surface area contributed by atoms with Gasteiger partial charge in [0.05, 0.1) is 6.17 Å². The van der Waals surface area contributed by atoms with Gasteiger partial charge in [0.25, 0.3) is 0 Å². The van der Waals surface area contributed by atoms with Crippen molar-refractivity contribution in [3.8, 4) is 0 Å². The number of rotatable bonds is 2. The van der Waals surface area contributed by atoms with Crippen molar-refractivity contribution in [2.75, 3.05) is 0 Å². The molecule has 0 spiro atoms. The largest absolute Gasteiger partial charge is 0.495 e. The molecule has 0 radical (unpaired) electrons. The number of nitrogens with one attached hydrogen (secondary N) is 1. The molecule has 0 aliphatic rings. The highest BCUT2D eigenvalue weighted by atomic mass is 16.3. The summed E-state index contributed by atoms with van der Waals surface area (Å²) in [6.07, 6.45) is -0.225. The van der Waals surface area contributed by atoms with Gasteiger partial charge in [-0.05, 0) is 13.5 Å². The molecule has 0 heterocycles. The van der Waals surface area contributed by atoms with Crippen molar-refractivity contribution in [3.05, 3.63) is 12.5 Å². The van der Waals surface area contributed by atoms with Crippen LogP contribution in [0.25, 0.3) is 0 Å². The molecule has 0 aliphatic heterocycles. The van der Waals surface area contributed by atoms with Crippen molar-refractivity contribution in [2.24, 2.45) is 5.73 Å². The first-order valence-electron chi connectivity index (χ1n) is 2.03. The Bertz CT molecular complexity index is 70.1. The molecule has 4 N–H and O–H groups in total. The lowest BCUT2D eigenvalue weighted by Gasteiger charge is -2.05. The maximum Gasteiger partial charge on any atom is 0.177 e. The molecule has 0 rings (SSSR count). The molecule has 0 aliphatic carbocycles. The van der Waals surface area contributed by atoms with E-state index in [1.165, 1.54) is 0 Å². The summed E-state index contributed by atoms with van der Waals surface area (Å²) in [6, 6.07) is 0. The lowest BCUT2D eigenvalue weighted by Crippen LogP contribution is -2.32. The van der Waals surface area contributed by atoms with E-state index in [9.17, 15) is 0 Å². The van der Waals surface area contributed by atoms with Crippen molar-refractivity contribution >= 4 is 0 Å². The van der Waals surface area contributed by atoms with Gasteiger partial charge in [0, 0.05) is 0 Å². The predicted molar refractivity (Wildman–Crippen MR) is 28.6 cm³/mol. The van der Waals surface area contributed by atoms with Crippen LogP contribution in [0.1, 0.15) is 6.92 Å². The topological polar surface area (TPSA) is 58.3 Å². The van der Waals surface area contributed by atoms with E-state index >= 15 is 0 Å². The van der Waals surface area contributed by atoms with Crippen LogP contribution in [0.5, 0.6) is 0 Å². The normalized spacial score (nSPS) is 12.9. The molecule has 42 valence electrons. The number of nitrogens with two attached hydrogens (primary N) is 1. The summed E-state index contributed by atoms with van der Waals surface area (Å²) >= 11 is 0. The summed E-state index contributed by atoms with van der Waals surface area (Å²) in [5.41, 5.74) is 5.16. The van der Waals surface area contributed by atoms with E-state index in [2.05, 4.69) is 11.9 Å². The number of aliphatic hydroxyl groups excluding tert-OH is 1. The Morgan fingerprint density at radius 1 is 2.00 bits per heavy atom. The second kappa shape index (κ2) is 2.47. The minimum atomic E-state index is -0.225. The van der Waals surface area contributed by atoms with E-state index in [1.807, 2.05) is 0 Å². The summed E-state index contributed by atoms with van der Waals surface area (Å²) in [7, 11) is 0. The number of hydrogen-bond donors (Lipinski definition) is 3. The third-order valence-corrected chi connectivity index (χ3v) is 0.394. The van der Waals surface area contributed by atoms with Crippen LogP contribution in [0.15, 0.2) is 12.5 Å². The molecule has 1 atom stereocenters. The second-order valence-electron chi connectivity index (χ2n) is 1.38. The van der Waals surface area contributed by atoms with Crippen molar-refractivity contribution in [1.82, 2.24) is 5.32 Å². The van der Waals surface area contributed by atoms with Crippen LogP contribution in [0, 0.1) is 0 Å². The minimum absolute atomic E-state index is 0.0880. The third kappa shape index (κ3) is 5.30. The van der Waals surface area contributed by atoms with Crippen LogP contribution in [-0.4, -0.2) is 11.3 Å². The molecule has 7 heavy (non-hydrogen) atoms. The number of hydrogen-bond acceptors (Lipinski definition) is 3. The first kappa shape index (κ1) is 6.30. The van der Waals surface area contributed by atoms with E-state index in [0.29, 0.717) is 0 Å². The van der Waals surface area contributed by atoms with Gasteiger partial charge in [-0.2, -0.15) is 0 Å². The molecule has 0 saturated heterocycles. The van der Waals surface area contributed by atoms with Gasteiger partial charge in [0.2, 0.25) is 0 Å². The van der Waals surface area contributed by atoms with Gasteiger partial charge >= 0.3 is 0 Å². The summed E-state index contributed by atoms with van der Waals surface area (Å²) in [4.78, 5) is 0. The van der Waals surface area contributed by atoms with Gasteiger partial charge in [0.1, 0.15) is 0 Å². The molecule has 0 amide bonds. The predicted octanol–water partition coefficient (Wildman–Crippen LogP) is -0.0901. The smallest absolute Gasteiger partial charge is 0.177 e. The zero-order chi connectivity index (χ0) is 5.86. The van der Waals surface area contributed by atoms with Crippen LogP contribution in [0.4, 0.5) is 0 Å². The van der Waals surface area contributed by atoms with Crippen LogP contribution in [0.3, 0.4) is 0 Å². The van der Waals surface area contributed by atoms with Crippen LogP contribution < -0.4 is 11.1 Å². The van der Waals surface area contributed by atoms with Crippen LogP contribution in [-0.2, 0) is 0 Å². The first-order chi connectivity index (χ1) is 3.13. The molecule has 0 aromatic heterocycles.